The third-order valence-electron chi connectivity index (χ3n) is 2.95. The van der Waals surface area contributed by atoms with Crippen molar-refractivity contribution in [2.45, 2.75) is 19.8 Å². The lowest BCUT2D eigenvalue weighted by Crippen LogP contribution is -2.10. The van der Waals surface area contributed by atoms with Gasteiger partial charge in [0.15, 0.2) is 0 Å². The Labute approximate surface area is 119 Å². The van der Waals surface area contributed by atoms with Crippen molar-refractivity contribution in [1.29, 1.82) is 0 Å². The molecule has 0 saturated heterocycles. The van der Waals surface area contributed by atoms with Gasteiger partial charge in [-0.3, -0.25) is 0 Å². The topological polar surface area (TPSA) is 59.1 Å². The molecule has 2 N–H and O–H groups in total. The van der Waals surface area contributed by atoms with Crippen molar-refractivity contribution in [3.8, 4) is 0 Å². The van der Waals surface area contributed by atoms with E-state index in [4.69, 9.17) is 4.74 Å². The van der Waals surface area contributed by atoms with Crippen LogP contribution in [-0.2, 0) is 4.74 Å². The zero-order chi connectivity index (χ0) is 14.2. The van der Waals surface area contributed by atoms with Crippen LogP contribution in [0.2, 0.25) is 0 Å². The van der Waals surface area contributed by atoms with Crippen LogP contribution in [0.5, 0.6) is 0 Å². The minimum atomic E-state index is 0.680. The third kappa shape index (κ3) is 3.81. The zero-order valence-corrected chi connectivity index (χ0v) is 12.1. The largest absolute Gasteiger partial charge is 0.385 e. The molecule has 0 fully saturated rings. The normalized spacial score (nSPS) is 10.7. The molecule has 108 valence electrons. The molecule has 1 aromatic carbocycles. The molecule has 0 aliphatic carbocycles. The van der Waals surface area contributed by atoms with E-state index in [1.54, 1.807) is 7.11 Å². The summed E-state index contributed by atoms with van der Waals surface area (Å²) in [7, 11) is 1.72. The molecule has 2 rings (SSSR count). The van der Waals surface area contributed by atoms with Crippen molar-refractivity contribution in [3.63, 3.8) is 0 Å². The van der Waals surface area contributed by atoms with Gasteiger partial charge in [-0.25, -0.2) is 4.98 Å². The van der Waals surface area contributed by atoms with Crippen LogP contribution in [0.3, 0.4) is 0 Å². The van der Waals surface area contributed by atoms with Gasteiger partial charge in [-0.05, 0) is 25.0 Å². The van der Waals surface area contributed by atoms with E-state index in [0.29, 0.717) is 5.95 Å². The summed E-state index contributed by atoms with van der Waals surface area (Å²) in [4.78, 5) is 9.09. The number of fused-ring (bicyclic) bond motifs is 1. The van der Waals surface area contributed by atoms with Gasteiger partial charge in [0.1, 0.15) is 5.82 Å². The second-order valence-electron chi connectivity index (χ2n) is 4.61. The van der Waals surface area contributed by atoms with Crippen LogP contribution in [-0.4, -0.2) is 36.8 Å². The molecule has 5 heteroatoms. The molecule has 0 aliphatic heterocycles. The van der Waals surface area contributed by atoms with Gasteiger partial charge in [-0.1, -0.05) is 19.1 Å². The Morgan fingerprint density at radius 3 is 2.75 bits per heavy atom. The van der Waals surface area contributed by atoms with Crippen LogP contribution < -0.4 is 10.6 Å². The molecule has 0 bridgehead atoms. The first-order valence-electron chi connectivity index (χ1n) is 7.08. The van der Waals surface area contributed by atoms with Gasteiger partial charge in [0.2, 0.25) is 5.95 Å². The number of methoxy groups -OCH3 is 1. The maximum atomic E-state index is 5.06. The maximum absolute atomic E-state index is 5.06. The number of hydrogen-bond donors (Lipinski definition) is 2. The minimum Gasteiger partial charge on any atom is -0.385 e. The lowest BCUT2D eigenvalue weighted by Gasteiger charge is -2.11. The van der Waals surface area contributed by atoms with E-state index in [1.165, 1.54) is 0 Å². The molecule has 0 radical (unpaired) electrons. The molecular weight excluding hydrogens is 252 g/mol. The molecule has 0 amide bonds. The molecule has 0 aliphatic rings. The van der Waals surface area contributed by atoms with Crippen molar-refractivity contribution < 1.29 is 4.74 Å². The predicted octanol–water partition coefficient (Wildman–Crippen LogP) is 2.90. The van der Waals surface area contributed by atoms with Gasteiger partial charge in [0.25, 0.3) is 0 Å². The Bertz CT molecular complexity index is 544. The summed E-state index contributed by atoms with van der Waals surface area (Å²) in [5.74, 6) is 1.56. The average Bonchev–Trinajstić information content (AvgIpc) is 2.49. The number of nitrogens with zero attached hydrogens (tertiary/aromatic N) is 2. The molecule has 0 spiro atoms. The number of aromatic nitrogens is 2. The van der Waals surface area contributed by atoms with Gasteiger partial charge >= 0.3 is 0 Å². The number of para-hydroxylation sites is 1. The van der Waals surface area contributed by atoms with Crippen LogP contribution >= 0.6 is 0 Å². The Hall–Kier alpha value is -1.88. The molecule has 1 heterocycles. The van der Waals surface area contributed by atoms with Crippen molar-refractivity contribution in [1.82, 2.24) is 9.97 Å². The molecule has 0 saturated carbocycles. The van der Waals surface area contributed by atoms with E-state index in [0.717, 1.165) is 49.3 Å². The quantitative estimate of drug-likeness (QED) is 0.725. The van der Waals surface area contributed by atoms with Crippen molar-refractivity contribution in [3.05, 3.63) is 24.3 Å². The Kier molecular flexibility index (Phi) is 5.55. The summed E-state index contributed by atoms with van der Waals surface area (Å²) in [6, 6.07) is 8.05. The van der Waals surface area contributed by atoms with Crippen molar-refractivity contribution in [2.24, 2.45) is 0 Å². The number of anilines is 2. The highest BCUT2D eigenvalue weighted by Gasteiger charge is 2.06. The molecule has 0 atom stereocenters. The second kappa shape index (κ2) is 7.65. The molecule has 0 unspecified atom stereocenters. The highest BCUT2D eigenvalue weighted by Crippen LogP contribution is 2.21. The van der Waals surface area contributed by atoms with Gasteiger partial charge in [-0.2, -0.15) is 4.98 Å². The van der Waals surface area contributed by atoms with E-state index in [2.05, 4.69) is 27.5 Å². The van der Waals surface area contributed by atoms with Crippen molar-refractivity contribution in [2.75, 3.05) is 37.4 Å². The predicted molar refractivity (Wildman–Crippen MR) is 83.3 cm³/mol. The standard InChI is InChI=1S/C15H22N4O/c1-3-9-17-15-18-13-8-5-4-7-12(13)14(19-15)16-10-6-11-20-2/h4-5,7-8H,3,6,9-11H2,1-2H3,(H2,16,17,18,19). The SMILES string of the molecule is CCCNc1nc(NCCCOC)c2ccccc2n1. The van der Waals surface area contributed by atoms with Crippen LogP contribution in [0.15, 0.2) is 24.3 Å². The van der Waals surface area contributed by atoms with E-state index in [9.17, 15) is 0 Å². The van der Waals surface area contributed by atoms with E-state index < -0.39 is 0 Å². The summed E-state index contributed by atoms with van der Waals surface area (Å²) in [5, 5.41) is 7.66. The van der Waals surface area contributed by atoms with Crippen molar-refractivity contribution >= 4 is 22.7 Å². The molecule has 1 aromatic heterocycles. The minimum absolute atomic E-state index is 0.680. The number of rotatable bonds is 8. The van der Waals surface area contributed by atoms with Crippen LogP contribution in [0.1, 0.15) is 19.8 Å². The van der Waals surface area contributed by atoms with Crippen LogP contribution in [0.4, 0.5) is 11.8 Å². The van der Waals surface area contributed by atoms with E-state index >= 15 is 0 Å². The summed E-state index contributed by atoms with van der Waals surface area (Å²) in [6.45, 7) is 4.58. The first-order chi connectivity index (χ1) is 9.85. The third-order valence-corrected chi connectivity index (χ3v) is 2.95. The fourth-order valence-corrected chi connectivity index (χ4v) is 1.95. The van der Waals surface area contributed by atoms with Gasteiger partial charge < -0.3 is 15.4 Å². The number of ether oxygens (including phenoxy) is 1. The molecule has 20 heavy (non-hydrogen) atoms. The fraction of sp³-hybridized carbons (Fsp3) is 0.467. The molecular formula is C15H22N4O. The Morgan fingerprint density at radius 2 is 1.95 bits per heavy atom. The average molecular weight is 274 g/mol. The van der Waals surface area contributed by atoms with Gasteiger partial charge in [-0.15, -0.1) is 0 Å². The fourth-order valence-electron chi connectivity index (χ4n) is 1.95. The first kappa shape index (κ1) is 14.5. The maximum Gasteiger partial charge on any atom is 0.225 e. The number of hydrogen-bond acceptors (Lipinski definition) is 5. The summed E-state index contributed by atoms with van der Waals surface area (Å²) < 4.78 is 5.06. The van der Waals surface area contributed by atoms with Gasteiger partial charge in [0.05, 0.1) is 5.52 Å². The molecule has 2 aromatic rings. The lowest BCUT2D eigenvalue weighted by atomic mass is 10.2. The highest BCUT2D eigenvalue weighted by atomic mass is 16.5. The first-order valence-corrected chi connectivity index (χ1v) is 7.08. The van der Waals surface area contributed by atoms with Crippen LogP contribution in [0, 0.1) is 0 Å². The summed E-state index contributed by atoms with van der Waals surface area (Å²) in [6.07, 6.45) is 2.00. The summed E-state index contributed by atoms with van der Waals surface area (Å²) in [5.41, 5.74) is 0.954. The van der Waals surface area contributed by atoms with Crippen LogP contribution in [0.25, 0.3) is 10.9 Å². The molecule has 5 nitrogen and oxygen atoms in total. The highest BCUT2D eigenvalue weighted by molar-refractivity contribution is 5.89. The smallest absolute Gasteiger partial charge is 0.225 e. The van der Waals surface area contributed by atoms with E-state index in [-0.39, 0.29) is 0 Å². The number of benzene rings is 1. The monoisotopic (exact) mass is 274 g/mol. The Morgan fingerprint density at radius 1 is 1.10 bits per heavy atom. The van der Waals surface area contributed by atoms with Gasteiger partial charge in [0, 0.05) is 32.2 Å². The lowest BCUT2D eigenvalue weighted by molar-refractivity contribution is 0.198. The summed E-state index contributed by atoms with van der Waals surface area (Å²) >= 11 is 0. The van der Waals surface area contributed by atoms with E-state index in [1.807, 2.05) is 24.3 Å². The second-order valence-corrected chi connectivity index (χ2v) is 4.61. The zero-order valence-electron chi connectivity index (χ0n) is 12.1. The Balaban J connectivity index is 2.19. The number of nitrogens with one attached hydrogen (secondary N) is 2.